The van der Waals surface area contributed by atoms with Gasteiger partial charge in [0.05, 0.1) is 0 Å². The lowest BCUT2D eigenvalue weighted by molar-refractivity contribution is 0.0997. The summed E-state index contributed by atoms with van der Waals surface area (Å²) < 4.78 is 5.46. The van der Waals surface area contributed by atoms with Gasteiger partial charge in [0, 0.05) is 17.6 Å². The third-order valence-corrected chi connectivity index (χ3v) is 3.26. The number of aliphatic hydroxyl groups excluding tert-OH is 1. The summed E-state index contributed by atoms with van der Waals surface area (Å²) >= 11 is 5.77. The van der Waals surface area contributed by atoms with Gasteiger partial charge >= 0.3 is 0 Å². The highest BCUT2D eigenvalue weighted by Crippen LogP contribution is 2.18. The Morgan fingerprint density at radius 2 is 2.06 bits per heavy atom. The molecule has 2 N–H and O–H groups in total. The van der Waals surface area contributed by atoms with Crippen LogP contribution in [0.15, 0.2) is 24.3 Å². The van der Waals surface area contributed by atoms with Gasteiger partial charge in [-0.15, -0.1) is 0 Å². The van der Waals surface area contributed by atoms with Crippen LogP contribution in [0, 0.1) is 0 Å². The first-order chi connectivity index (χ1) is 8.24. The lowest BCUT2D eigenvalue weighted by Gasteiger charge is -2.27. The van der Waals surface area contributed by atoms with Crippen LogP contribution in [0.5, 0.6) is 5.75 Å². The Labute approximate surface area is 107 Å². The molecule has 0 saturated heterocycles. The van der Waals surface area contributed by atoms with Gasteiger partial charge in [0.15, 0.2) is 0 Å². The zero-order chi connectivity index (χ0) is 12.1. The van der Waals surface area contributed by atoms with Crippen LogP contribution in [0.4, 0.5) is 0 Å². The monoisotopic (exact) mass is 255 g/mol. The second-order valence-corrected chi connectivity index (χ2v) is 4.89. The molecule has 1 aliphatic rings. The van der Waals surface area contributed by atoms with Gasteiger partial charge in [0.2, 0.25) is 0 Å². The van der Waals surface area contributed by atoms with Crippen molar-refractivity contribution in [1.29, 1.82) is 0 Å². The summed E-state index contributed by atoms with van der Waals surface area (Å²) in [5, 5.41) is 13.7. The van der Waals surface area contributed by atoms with E-state index >= 15 is 0 Å². The number of halogens is 1. The van der Waals surface area contributed by atoms with Gasteiger partial charge in [-0.1, -0.05) is 18.0 Å². The smallest absolute Gasteiger partial charge is 0.119 e. The molecular weight excluding hydrogens is 238 g/mol. The molecule has 0 spiro atoms. The van der Waals surface area contributed by atoms with Crippen molar-refractivity contribution in [3.8, 4) is 5.75 Å². The summed E-state index contributed by atoms with van der Waals surface area (Å²) in [5.41, 5.74) is 0. The van der Waals surface area contributed by atoms with E-state index in [1.807, 2.05) is 0 Å². The summed E-state index contributed by atoms with van der Waals surface area (Å²) in [4.78, 5) is 0. The minimum Gasteiger partial charge on any atom is -0.491 e. The highest BCUT2D eigenvalue weighted by Gasteiger charge is 2.17. The standard InChI is InChI=1S/C13H18ClNO2/c14-10-4-6-13(7-5-10)17-9-12(16)8-15-11-2-1-3-11/h4-7,11-12,15-16H,1-3,8-9H2. The third kappa shape index (κ3) is 4.19. The summed E-state index contributed by atoms with van der Waals surface area (Å²) in [5.74, 6) is 0.733. The Hall–Kier alpha value is -0.770. The van der Waals surface area contributed by atoms with Gasteiger partial charge in [0.25, 0.3) is 0 Å². The average molecular weight is 256 g/mol. The van der Waals surface area contributed by atoms with E-state index < -0.39 is 6.10 Å². The van der Waals surface area contributed by atoms with Crippen molar-refractivity contribution in [2.75, 3.05) is 13.2 Å². The first kappa shape index (κ1) is 12.7. The van der Waals surface area contributed by atoms with E-state index in [1.165, 1.54) is 19.3 Å². The van der Waals surface area contributed by atoms with Crippen LogP contribution in [0.3, 0.4) is 0 Å². The fourth-order valence-electron chi connectivity index (χ4n) is 1.70. The topological polar surface area (TPSA) is 41.5 Å². The number of hydrogen-bond acceptors (Lipinski definition) is 3. The Kier molecular flexibility index (Phi) is 4.66. The molecule has 3 nitrogen and oxygen atoms in total. The highest BCUT2D eigenvalue weighted by molar-refractivity contribution is 6.30. The third-order valence-electron chi connectivity index (χ3n) is 3.00. The molecule has 1 aromatic carbocycles. The molecule has 1 atom stereocenters. The van der Waals surface area contributed by atoms with Crippen molar-refractivity contribution in [3.63, 3.8) is 0 Å². The minimum atomic E-state index is -0.466. The highest BCUT2D eigenvalue weighted by atomic mass is 35.5. The van der Waals surface area contributed by atoms with Crippen LogP contribution in [0.1, 0.15) is 19.3 Å². The zero-order valence-electron chi connectivity index (χ0n) is 9.73. The molecule has 1 saturated carbocycles. The lowest BCUT2D eigenvalue weighted by Crippen LogP contribution is -2.41. The number of aliphatic hydroxyl groups is 1. The maximum absolute atomic E-state index is 9.72. The van der Waals surface area contributed by atoms with Gasteiger partial charge < -0.3 is 15.2 Å². The van der Waals surface area contributed by atoms with Gasteiger partial charge in [0.1, 0.15) is 18.5 Å². The SMILES string of the molecule is OC(CNC1CCC1)COc1ccc(Cl)cc1. The first-order valence-electron chi connectivity index (χ1n) is 6.04. The maximum Gasteiger partial charge on any atom is 0.119 e. The quantitative estimate of drug-likeness (QED) is 0.819. The van der Waals surface area contributed by atoms with Crippen LogP contribution in [-0.4, -0.2) is 30.4 Å². The van der Waals surface area contributed by atoms with Crippen LogP contribution < -0.4 is 10.1 Å². The van der Waals surface area contributed by atoms with Crippen molar-refractivity contribution in [1.82, 2.24) is 5.32 Å². The maximum atomic E-state index is 9.72. The zero-order valence-corrected chi connectivity index (χ0v) is 10.5. The lowest BCUT2D eigenvalue weighted by atomic mass is 9.93. The molecule has 4 heteroatoms. The normalized spacial score (nSPS) is 17.5. The second-order valence-electron chi connectivity index (χ2n) is 4.45. The number of nitrogens with one attached hydrogen (secondary N) is 1. The molecule has 0 amide bonds. The first-order valence-corrected chi connectivity index (χ1v) is 6.41. The van der Waals surface area contributed by atoms with Crippen LogP contribution in [0.25, 0.3) is 0 Å². The number of ether oxygens (including phenoxy) is 1. The van der Waals surface area contributed by atoms with Gasteiger partial charge in [-0.3, -0.25) is 0 Å². The predicted molar refractivity (Wildman–Crippen MR) is 68.6 cm³/mol. The number of benzene rings is 1. The average Bonchev–Trinajstić information content (AvgIpc) is 2.26. The molecule has 1 unspecified atom stereocenters. The Bertz CT molecular complexity index is 338. The Morgan fingerprint density at radius 3 is 2.65 bits per heavy atom. The molecule has 0 radical (unpaired) electrons. The number of rotatable bonds is 6. The summed E-state index contributed by atoms with van der Waals surface area (Å²) in [7, 11) is 0. The van der Waals surface area contributed by atoms with Crippen molar-refractivity contribution >= 4 is 11.6 Å². The Morgan fingerprint density at radius 1 is 1.35 bits per heavy atom. The van der Waals surface area contributed by atoms with Crippen LogP contribution in [0.2, 0.25) is 5.02 Å². The molecule has 0 bridgehead atoms. The second kappa shape index (κ2) is 6.24. The molecule has 2 rings (SSSR count). The molecule has 1 fully saturated rings. The van der Waals surface area contributed by atoms with Crippen LogP contribution >= 0.6 is 11.6 Å². The molecule has 1 aliphatic carbocycles. The van der Waals surface area contributed by atoms with Crippen molar-refractivity contribution in [2.24, 2.45) is 0 Å². The molecule has 17 heavy (non-hydrogen) atoms. The van der Waals surface area contributed by atoms with E-state index in [1.54, 1.807) is 24.3 Å². The van der Waals surface area contributed by atoms with Crippen LogP contribution in [-0.2, 0) is 0 Å². The molecular formula is C13H18ClNO2. The van der Waals surface area contributed by atoms with E-state index in [0.717, 1.165) is 5.75 Å². The van der Waals surface area contributed by atoms with Crippen molar-refractivity contribution in [3.05, 3.63) is 29.3 Å². The molecule has 94 valence electrons. The van der Waals surface area contributed by atoms with Gasteiger partial charge in [-0.05, 0) is 37.1 Å². The molecule has 0 aliphatic heterocycles. The predicted octanol–water partition coefficient (Wildman–Crippen LogP) is 2.22. The summed E-state index contributed by atoms with van der Waals surface area (Å²) in [6.07, 6.45) is 3.29. The van der Waals surface area contributed by atoms with Gasteiger partial charge in [-0.2, -0.15) is 0 Å². The molecule has 1 aromatic rings. The van der Waals surface area contributed by atoms with E-state index in [0.29, 0.717) is 24.2 Å². The Balaban J connectivity index is 1.64. The van der Waals surface area contributed by atoms with E-state index in [2.05, 4.69) is 5.32 Å². The molecule has 0 aromatic heterocycles. The number of hydrogen-bond donors (Lipinski definition) is 2. The summed E-state index contributed by atoms with van der Waals surface area (Å²) in [6.45, 7) is 0.902. The largest absolute Gasteiger partial charge is 0.491 e. The minimum absolute atomic E-state index is 0.307. The van der Waals surface area contributed by atoms with Crippen molar-refractivity contribution in [2.45, 2.75) is 31.4 Å². The fourth-order valence-corrected chi connectivity index (χ4v) is 1.82. The van der Waals surface area contributed by atoms with E-state index in [4.69, 9.17) is 16.3 Å². The van der Waals surface area contributed by atoms with E-state index in [-0.39, 0.29) is 0 Å². The fraction of sp³-hybridized carbons (Fsp3) is 0.538. The van der Waals surface area contributed by atoms with Crippen molar-refractivity contribution < 1.29 is 9.84 Å². The molecule has 0 heterocycles. The van der Waals surface area contributed by atoms with Gasteiger partial charge in [-0.25, -0.2) is 0 Å². The van der Waals surface area contributed by atoms with E-state index in [9.17, 15) is 5.11 Å². The summed E-state index contributed by atoms with van der Waals surface area (Å²) in [6, 6.07) is 7.74.